The van der Waals surface area contributed by atoms with Crippen LogP contribution < -0.4 is 4.90 Å². The minimum absolute atomic E-state index is 1.12. The molecule has 0 fully saturated rings. The minimum Gasteiger partial charge on any atom is -0.309 e. The molecule has 0 saturated heterocycles. The lowest BCUT2D eigenvalue weighted by Gasteiger charge is -2.30. The van der Waals surface area contributed by atoms with E-state index in [0.717, 1.165) is 17.1 Å². The summed E-state index contributed by atoms with van der Waals surface area (Å²) >= 11 is 0. The maximum absolute atomic E-state index is 2.45. The fraction of sp³-hybridized carbons (Fsp3) is 0. The molecule has 47 heavy (non-hydrogen) atoms. The highest BCUT2D eigenvalue weighted by atomic mass is 15.1. The zero-order valence-corrected chi connectivity index (χ0v) is 25.8. The number of hydrogen-bond donors (Lipinski definition) is 0. The molecule has 220 valence electrons. The van der Waals surface area contributed by atoms with Crippen LogP contribution in [0.1, 0.15) is 0 Å². The van der Waals surface area contributed by atoms with Gasteiger partial charge in [0.1, 0.15) is 0 Å². The van der Waals surface area contributed by atoms with Crippen LogP contribution in [0.25, 0.3) is 65.3 Å². The molecule has 9 rings (SSSR count). The molecule has 0 radical (unpaired) electrons. The molecular weight excluding hydrogens is 567 g/mol. The van der Waals surface area contributed by atoms with Gasteiger partial charge in [0.05, 0.1) is 11.4 Å². The monoisotopic (exact) mass is 597 g/mol. The number of hydrogen-bond acceptors (Lipinski definition) is 1. The summed E-state index contributed by atoms with van der Waals surface area (Å²) in [6.07, 6.45) is 0. The number of nitrogens with zero attached hydrogens (tertiary/aromatic N) is 1. The van der Waals surface area contributed by atoms with Gasteiger partial charge >= 0.3 is 0 Å². The average molecular weight is 598 g/mol. The summed E-state index contributed by atoms with van der Waals surface area (Å²) in [5.74, 6) is 0. The van der Waals surface area contributed by atoms with Crippen molar-refractivity contribution in [3.05, 3.63) is 188 Å². The lowest BCUT2D eigenvalue weighted by Crippen LogP contribution is -2.12. The van der Waals surface area contributed by atoms with Crippen molar-refractivity contribution in [1.82, 2.24) is 0 Å². The molecule has 0 aromatic heterocycles. The SMILES string of the molecule is c1cc(-c2cccc3ccccc23)cc(N(c2ccccc2-c2cc3ccccc3c3ccccc23)c2cccc3ccccc23)c1. The molecule has 0 bridgehead atoms. The van der Waals surface area contributed by atoms with Gasteiger partial charge in [-0.05, 0) is 84.7 Å². The van der Waals surface area contributed by atoms with Crippen LogP contribution in [0.5, 0.6) is 0 Å². The van der Waals surface area contributed by atoms with Crippen molar-refractivity contribution in [2.24, 2.45) is 0 Å². The van der Waals surface area contributed by atoms with Crippen LogP contribution in [0.4, 0.5) is 17.1 Å². The summed E-state index contributed by atoms with van der Waals surface area (Å²) in [5.41, 5.74) is 8.25. The summed E-state index contributed by atoms with van der Waals surface area (Å²) < 4.78 is 0. The Morgan fingerprint density at radius 2 is 0.809 bits per heavy atom. The first-order valence-corrected chi connectivity index (χ1v) is 16.2. The van der Waals surface area contributed by atoms with E-state index in [2.05, 4.69) is 193 Å². The molecule has 0 saturated carbocycles. The first kappa shape index (κ1) is 27.2. The summed E-state index contributed by atoms with van der Waals surface area (Å²) in [4.78, 5) is 2.45. The highest BCUT2D eigenvalue weighted by Crippen LogP contribution is 2.46. The second-order valence-corrected chi connectivity index (χ2v) is 12.1. The van der Waals surface area contributed by atoms with Crippen LogP contribution in [0.3, 0.4) is 0 Å². The Kier molecular flexibility index (Phi) is 6.54. The van der Waals surface area contributed by atoms with Gasteiger partial charge in [-0.3, -0.25) is 0 Å². The highest BCUT2D eigenvalue weighted by molar-refractivity contribution is 6.15. The van der Waals surface area contributed by atoms with Crippen molar-refractivity contribution >= 4 is 60.2 Å². The second-order valence-electron chi connectivity index (χ2n) is 12.1. The van der Waals surface area contributed by atoms with Gasteiger partial charge in [-0.1, -0.05) is 158 Å². The topological polar surface area (TPSA) is 3.24 Å². The van der Waals surface area contributed by atoms with Crippen LogP contribution in [0.15, 0.2) is 188 Å². The van der Waals surface area contributed by atoms with E-state index in [9.17, 15) is 0 Å². The smallest absolute Gasteiger partial charge is 0.0540 e. The average Bonchev–Trinajstić information content (AvgIpc) is 3.15. The van der Waals surface area contributed by atoms with E-state index in [1.54, 1.807) is 0 Å². The van der Waals surface area contributed by atoms with E-state index in [-0.39, 0.29) is 0 Å². The Bertz CT molecular complexity index is 2580. The van der Waals surface area contributed by atoms with Crippen LogP contribution >= 0.6 is 0 Å². The van der Waals surface area contributed by atoms with Crippen molar-refractivity contribution in [2.45, 2.75) is 0 Å². The molecular formula is C46H31N. The van der Waals surface area contributed by atoms with Crippen LogP contribution in [0, 0.1) is 0 Å². The molecule has 1 nitrogen and oxygen atoms in total. The van der Waals surface area contributed by atoms with Crippen molar-refractivity contribution in [3.8, 4) is 22.3 Å². The Balaban J connectivity index is 1.33. The van der Waals surface area contributed by atoms with Gasteiger partial charge in [0, 0.05) is 16.6 Å². The summed E-state index contributed by atoms with van der Waals surface area (Å²) in [6, 6.07) is 68.3. The van der Waals surface area contributed by atoms with E-state index in [0.29, 0.717) is 0 Å². The van der Waals surface area contributed by atoms with Gasteiger partial charge in [-0.2, -0.15) is 0 Å². The van der Waals surface area contributed by atoms with E-state index < -0.39 is 0 Å². The molecule has 1 heteroatoms. The minimum atomic E-state index is 1.12. The number of rotatable bonds is 5. The van der Waals surface area contributed by atoms with E-state index in [1.807, 2.05) is 0 Å². The lowest BCUT2D eigenvalue weighted by molar-refractivity contribution is 1.30. The Morgan fingerprint density at radius 1 is 0.277 bits per heavy atom. The highest BCUT2D eigenvalue weighted by Gasteiger charge is 2.21. The molecule has 0 N–H and O–H groups in total. The third-order valence-electron chi connectivity index (χ3n) is 9.42. The predicted molar refractivity (Wildman–Crippen MR) is 202 cm³/mol. The van der Waals surface area contributed by atoms with Gasteiger partial charge in [0.15, 0.2) is 0 Å². The largest absolute Gasteiger partial charge is 0.309 e. The maximum atomic E-state index is 2.45. The number of anilines is 3. The molecule has 0 atom stereocenters. The molecule has 0 spiro atoms. The van der Waals surface area contributed by atoms with Crippen molar-refractivity contribution < 1.29 is 0 Å². The number of para-hydroxylation sites is 1. The van der Waals surface area contributed by atoms with E-state index >= 15 is 0 Å². The Hall–Kier alpha value is -6.18. The third kappa shape index (κ3) is 4.64. The Labute approximate surface area is 274 Å². The van der Waals surface area contributed by atoms with Gasteiger partial charge in [-0.25, -0.2) is 0 Å². The van der Waals surface area contributed by atoms with Crippen LogP contribution in [-0.4, -0.2) is 0 Å². The van der Waals surface area contributed by atoms with Crippen molar-refractivity contribution in [1.29, 1.82) is 0 Å². The second kappa shape index (κ2) is 11.3. The predicted octanol–water partition coefficient (Wildman–Crippen LogP) is 13.1. The summed E-state index contributed by atoms with van der Waals surface area (Å²) in [7, 11) is 0. The molecule has 0 heterocycles. The quantitative estimate of drug-likeness (QED) is 0.178. The first-order chi connectivity index (χ1) is 23.3. The van der Waals surface area contributed by atoms with Gasteiger partial charge in [0.25, 0.3) is 0 Å². The first-order valence-electron chi connectivity index (χ1n) is 16.2. The normalized spacial score (nSPS) is 11.4. The fourth-order valence-electron chi connectivity index (χ4n) is 7.27. The lowest BCUT2D eigenvalue weighted by atomic mass is 9.92. The molecule has 0 aliphatic rings. The maximum Gasteiger partial charge on any atom is 0.0540 e. The van der Waals surface area contributed by atoms with Crippen molar-refractivity contribution in [3.63, 3.8) is 0 Å². The van der Waals surface area contributed by atoms with Gasteiger partial charge in [-0.15, -0.1) is 0 Å². The zero-order chi connectivity index (χ0) is 31.2. The number of benzene rings is 9. The fourth-order valence-corrected chi connectivity index (χ4v) is 7.27. The molecule has 0 aliphatic carbocycles. The van der Waals surface area contributed by atoms with E-state index in [4.69, 9.17) is 0 Å². The summed E-state index contributed by atoms with van der Waals surface area (Å²) in [5, 5.41) is 9.97. The molecule has 0 unspecified atom stereocenters. The Morgan fingerprint density at radius 3 is 1.64 bits per heavy atom. The van der Waals surface area contributed by atoms with Gasteiger partial charge < -0.3 is 4.90 Å². The zero-order valence-electron chi connectivity index (χ0n) is 25.8. The molecule has 0 amide bonds. The molecule has 9 aromatic rings. The van der Waals surface area contributed by atoms with Gasteiger partial charge in [0.2, 0.25) is 0 Å². The number of fused-ring (bicyclic) bond motifs is 5. The van der Waals surface area contributed by atoms with Crippen molar-refractivity contribution in [2.75, 3.05) is 4.90 Å². The standard InChI is InChI=1S/C46H31N/c1-4-21-37-32(14-1)17-12-27-38(37)34-19-11-20-36(30-34)47(45-29-13-18-33-15-2-6-23-40(33)45)46-28-10-9-26-43(46)44-31-35-16-3-5-22-39(35)41-24-7-8-25-42(41)44/h1-31H. The van der Waals surface area contributed by atoms with Crippen LogP contribution in [0.2, 0.25) is 0 Å². The molecule has 0 aliphatic heterocycles. The molecule has 9 aromatic carbocycles. The van der Waals surface area contributed by atoms with E-state index in [1.165, 1.54) is 65.3 Å². The van der Waals surface area contributed by atoms with Crippen LogP contribution in [-0.2, 0) is 0 Å². The summed E-state index contributed by atoms with van der Waals surface area (Å²) in [6.45, 7) is 0. The third-order valence-corrected chi connectivity index (χ3v) is 9.42.